The minimum Gasteiger partial charge on any atom is -0.481 e. The monoisotopic (exact) mass is 222 g/mol. The van der Waals surface area contributed by atoms with Crippen molar-refractivity contribution in [2.24, 2.45) is 11.8 Å². The molecule has 16 heavy (non-hydrogen) atoms. The molecule has 1 rings (SSSR count). The summed E-state index contributed by atoms with van der Waals surface area (Å²) in [6.07, 6.45) is 0.240. The molecule has 0 aromatic heterocycles. The standard InChI is InChI=1S/C12H14O4/c1-8(11(13)14)10(12(15)16)7-9-5-3-2-4-6-9/h2-6,8,10H,7H2,1H3,(H,13,14)(H,15,16). The van der Waals surface area contributed by atoms with Crippen LogP contribution in [0, 0.1) is 11.8 Å². The highest BCUT2D eigenvalue weighted by Gasteiger charge is 2.29. The maximum absolute atomic E-state index is 11.0. The second-order valence-corrected chi connectivity index (χ2v) is 3.76. The van der Waals surface area contributed by atoms with E-state index in [1.807, 2.05) is 6.07 Å². The van der Waals surface area contributed by atoms with Gasteiger partial charge >= 0.3 is 11.9 Å². The predicted octanol–water partition coefficient (Wildman–Crippen LogP) is 1.65. The van der Waals surface area contributed by atoms with Crippen molar-refractivity contribution in [1.29, 1.82) is 0 Å². The van der Waals surface area contributed by atoms with Crippen molar-refractivity contribution in [2.45, 2.75) is 13.3 Å². The van der Waals surface area contributed by atoms with Gasteiger partial charge in [0.2, 0.25) is 0 Å². The van der Waals surface area contributed by atoms with Gasteiger partial charge < -0.3 is 10.2 Å². The summed E-state index contributed by atoms with van der Waals surface area (Å²) in [6.45, 7) is 1.42. The molecular formula is C12H14O4. The fraction of sp³-hybridized carbons (Fsp3) is 0.333. The lowest BCUT2D eigenvalue weighted by Gasteiger charge is -2.16. The zero-order chi connectivity index (χ0) is 12.1. The average Bonchev–Trinajstić information content (AvgIpc) is 2.26. The Bertz CT molecular complexity index is 372. The molecule has 0 amide bonds. The molecule has 0 radical (unpaired) electrons. The van der Waals surface area contributed by atoms with E-state index in [1.165, 1.54) is 6.92 Å². The fourth-order valence-corrected chi connectivity index (χ4v) is 1.52. The van der Waals surface area contributed by atoms with Crippen molar-refractivity contribution in [1.82, 2.24) is 0 Å². The molecule has 4 nitrogen and oxygen atoms in total. The molecule has 1 aromatic carbocycles. The molecule has 0 fully saturated rings. The maximum atomic E-state index is 11.0. The van der Waals surface area contributed by atoms with Gasteiger partial charge in [0, 0.05) is 0 Å². The minimum absolute atomic E-state index is 0.240. The first-order valence-electron chi connectivity index (χ1n) is 5.02. The number of aliphatic carboxylic acids is 2. The molecule has 2 N–H and O–H groups in total. The number of hydrogen-bond acceptors (Lipinski definition) is 2. The van der Waals surface area contributed by atoms with E-state index in [2.05, 4.69) is 0 Å². The number of hydrogen-bond donors (Lipinski definition) is 2. The highest BCUT2D eigenvalue weighted by atomic mass is 16.4. The average molecular weight is 222 g/mol. The van der Waals surface area contributed by atoms with Crippen molar-refractivity contribution in [3.8, 4) is 0 Å². The lowest BCUT2D eigenvalue weighted by Crippen LogP contribution is -2.29. The quantitative estimate of drug-likeness (QED) is 0.794. The van der Waals surface area contributed by atoms with Crippen LogP contribution in [0.4, 0.5) is 0 Å². The topological polar surface area (TPSA) is 74.6 Å². The van der Waals surface area contributed by atoms with Crippen LogP contribution >= 0.6 is 0 Å². The number of carboxylic acid groups (broad SMARTS) is 2. The van der Waals surface area contributed by atoms with Gasteiger partial charge in [0.25, 0.3) is 0 Å². The molecule has 2 atom stereocenters. The van der Waals surface area contributed by atoms with E-state index in [0.717, 1.165) is 5.56 Å². The van der Waals surface area contributed by atoms with Crippen molar-refractivity contribution in [2.75, 3.05) is 0 Å². The lowest BCUT2D eigenvalue weighted by atomic mass is 9.88. The van der Waals surface area contributed by atoms with Crippen LogP contribution in [0.1, 0.15) is 12.5 Å². The number of rotatable bonds is 5. The van der Waals surface area contributed by atoms with Crippen LogP contribution in [0.5, 0.6) is 0 Å². The summed E-state index contributed by atoms with van der Waals surface area (Å²) in [6, 6.07) is 9.04. The predicted molar refractivity (Wildman–Crippen MR) is 58.1 cm³/mol. The molecule has 0 spiro atoms. The molecule has 2 unspecified atom stereocenters. The highest BCUT2D eigenvalue weighted by Crippen LogP contribution is 2.18. The molecule has 86 valence electrons. The van der Waals surface area contributed by atoms with Gasteiger partial charge in [0.05, 0.1) is 11.8 Å². The van der Waals surface area contributed by atoms with Crippen molar-refractivity contribution < 1.29 is 19.8 Å². The van der Waals surface area contributed by atoms with Gasteiger partial charge in [-0.3, -0.25) is 9.59 Å². The third-order valence-corrected chi connectivity index (χ3v) is 2.61. The second-order valence-electron chi connectivity index (χ2n) is 3.76. The van der Waals surface area contributed by atoms with Crippen LogP contribution in [-0.2, 0) is 16.0 Å². The summed E-state index contributed by atoms with van der Waals surface area (Å²) in [5.41, 5.74) is 0.836. The first kappa shape index (κ1) is 12.2. The Morgan fingerprint density at radius 3 is 2.12 bits per heavy atom. The Balaban J connectivity index is 2.81. The molecule has 4 heteroatoms. The van der Waals surface area contributed by atoms with Gasteiger partial charge in [-0.15, -0.1) is 0 Å². The molecule has 0 saturated heterocycles. The summed E-state index contributed by atoms with van der Waals surface area (Å²) < 4.78 is 0. The summed E-state index contributed by atoms with van der Waals surface area (Å²) in [5.74, 6) is -3.93. The third kappa shape index (κ3) is 3.08. The van der Waals surface area contributed by atoms with Crippen molar-refractivity contribution >= 4 is 11.9 Å². The van der Waals surface area contributed by atoms with Gasteiger partial charge in [0.15, 0.2) is 0 Å². The summed E-state index contributed by atoms with van der Waals surface area (Å²) in [5, 5.41) is 17.8. The van der Waals surface area contributed by atoms with Crippen LogP contribution < -0.4 is 0 Å². The summed E-state index contributed by atoms with van der Waals surface area (Å²) in [4.78, 5) is 21.8. The molecule has 0 aliphatic heterocycles. The zero-order valence-electron chi connectivity index (χ0n) is 8.96. The number of benzene rings is 1. The van der Waals surface area contributed by atoms with Gasteiger partial charge in [-0.25, -0.2) is 0 Å². The number of carboxylic acids is 2. The Hall–Kier alpha value is -1.84. The van der Waals surface area contributed by atoms with E-state index in [4.69, 9.17) is 10.2 Å². The van der Waals surface area contributed by atoms with E-state index in [9.17, 15) is 9.59 Å². The van der Waals surface area contributed by atoms with Crippen LogP contribution in [0.25, 0.3) is 0 Å². The molecule has 1 aromatic rings. The van der Waals surface area contributed by atoms with Crippen molar-refractivity contribution in [3.63, 3.8) is 0 Å². The minimum atomic E-state index is -1.08. The highest BCUT2D eigenvalue weighted by molar-refractivity contribution is 5.79. The normalized spacial score (nSPS) is 14.1. The molecule has 0 aliphatic rings. The Labute approximate surface area is 93.5 Å². The second kappa shape index (κ2) is 5.30. The SMILES string of the molecule is CC(C(=O)O)C(Cc1ccccc1)C(=O)O. The first-order chi connectivity index (χ1) is 7.52. The molecule has 0 bridgehead atoms. The van der Waals surface area contributed by atoms with Gasteiger partial charge in [-0.1, -0.05) is 37.3 Å². The first-order valence-corrected chi connectivity index (χ1v) is 5.02. The molecule has 0 saturated carbocycles. The van der Waals surface area contributed by atoms with Crippen LogP contribution in [0.15, 0.2) is 30.3 Å². The third-order valence-electron chi connectivity index (χ3n) is 2.61. The Kier molecular flexibility index (Phi) is 4.05. The summed E-state index contributed by atoms with van der Waals surface area (Å²) >= 11 is 0. The fourth-order valence-electron chi connectivity index (χ4n) is 1.52. The van der Waals surface area contributed by atoms with Crippen LogP contribution in [0.3, 0.4) is 0 Å². The van der Waals surface area contributed by atoms with Crippen LogP contribution in [-0.4, -0.2) is 22.2 Å². The lowest BCUT2D eigenvalue weighted by molar-refractivity contribution is -0.152. The van der Waals surface area contributed by atoms with Crippen LogP contribution in [0.2, 0.25) is 0 Å². The van der Waals surface area contributed by atoms with Gasteiger partial charge in [0.1, 0.15) is 0 Å². The summed E-state index contributed by atoms with van der Waals surface area (Å²) in [7, 11) is 0. The van der Waals surface area contributed by atoms with E-state index in [-0.39, 0.29) is 6.42 Å². The molecule has 0 aliphatic carbocycles. The number of carbonyl (C=O) groups is 2. The Morgan fingerprint density at radius 2 is 1.69 bits per heavy atom. The smallest absolute Gasteiger partial charge is 0.307 e. The molecular weight excluding hydrogens is 208 g/mol. The van der Waals surface area contributed by atoms with E-state index in [0.29, 0.717) is 0 Å². The maximum Gasteiger partial charge on any atom is 0.307 e. The largest absolute Gasteiger partial charge is 0.481 e. The van der Waals surface area contributed by atoms with E-state index < -0.39 is 23.8 Å². The van der Waals surface area contributed by atoms with E-state index in [1.54, 1.807) is 24.3 Å². The zero-order valence-corrected chi connectivity index (χ0v) is 8.96. The van der Waals surface area contributed by atoms with Crippen molar-refractivity contribution in [3.05, 3.63) is 35.9 Å². The van der Waals surface area contributed by atoms with Gasteiger partial charge in [-0.05, 0) is 12.0 Å². The Morgan fingerprint density at radius 1 is 1.12 bits per heavy atom. The molecule has 0 heterocycles. The van der Waals surface area contributed by atoms with Gasteiger partial charge in [-0.2, -0.15) is 0 Å². The van der Waals surface area contributed by atoms with E-state index >= 15 is 0 Å².